The van der Waals surface area contributed by atoms with Gasteiger partial charge in [-0.05, 0) is 58.3 Å². The lowest BCUT2D eigenvalue weighted by molar-refractivity contribution is -0.231. The summed E-state index contributed by atoms with van der Waals surface area (Å²) < 4.78 is 23.4. The number of carbonyl (C=O) groups excluding carboxylic acids is 3. The molecule has 180 valence electrons. The maximum Gasteiger partial charge on any atom is 0.334 e. The predicted molar refractivity (Wildman–Crippen MR) is 114 cm³/mol. The van der Waals surface area contributed by atoms with Gasteiger partial charge >= 0.3 is 17.9 Å². The topological polar surface area (TPSA) is 108 Å². The van der Waals surface area contributed by atoms with E-state index in [1.807, 2.05) is 13.8 Å². The summed E-state index contributed by atoms with van der Waals surface area (Å²) in [4.78, 5) is 36.2. The van der Waals surface area contributed by atoms with Crippen molar-refractivity contribution in [2.24, 2.45) is 11.8 Å². The standard InChI is InChI=1S/C24H36O8/c1-13-8-7-10-24(6,32-16(4)26)18-9-11-23(5,28)19(30-18)12-17-14(2)22(27)31-21(17)20(13)29-15(3)25/h13,17-21,28H,2,7-12H2,1,3-6H3/t13-,17-,18-,19-,20+,21+,23+,24-/m0/s1. The van der Waals surface area contributed by atoms with E-state index in [4.69, 9.17) is 18.9 Å². The van der Waals surface area contributed by atoms with Gasteiger partial charge in [-0.3, -0.25) is 9.59 Å². The molecule has 3 heterocycles. The summed E-state index contributed by atoms with van der Waals surface area (Å²) in [6.45, 7) is 12.2. The first-order valence-corrected chi connectivity index (χ1v) is 11.5. The molecule has 0 saturated carbocycles. The Bertz CT molecular complexity index is 774. The first-order chi connectivity index (χ1) is 14.8. The molecule has 0 aromatic heterocycles. The third-order valence-electron chi connectivity index (χ3n) is 7.33. The molecule has 0 unspecified atom stereocenters. The Hall–Kier alpha value is -1.93. The molecule has 32 heavy (non-hydrogen) atoms. The number of esters is 3. The number of hydrogen-bond acceptors (Lipinski definition) is 8. The fourth-order valence-electron chi connectivity index (χ4n) is 5.43. The van der Waals surface area contributed by atoms with Crippen LogP contribution in [-0.2, 0) is 33.3 Å². The minimum Gasteiger partial charge on any atom is -0.458 e. The number of carbonyl (C=O) groups is 3. The van der Waals surface area contributed by atoms with Crippen molar-refractivity contribution in [2.75, 3.05) is 0 Å². The zero-order valence-corrected chi connectivity index (χ0v) is 19.7. The highest BCUT2D eigenvalue weighted by Gasteiger charge is 2.53. The molecule has 0 aromatic rings. The van der Waals surface area contributed by atoms with Crippen LogP contribution in [0.2, 0.25) is 0 Å². The number of aliphatic hydroxyl groups is 1. The Labute approximate surface area is 189 Å². The van der Waals surface area contributed by atoms with Gasteiger partial charge in [-0.2, -0.15) is 0 Å². The summed E-state index contributed by atoms with van der Waals surface area (Å²) >= 11 is 0. The Balaban J connectivity index is 2.01. The fourth-order valence-corrected chi connectivity index (χ4v) is 5.43. The highest BCUT2D eigenvalue weighted by molar-refractivity contribution is 5.91. The maximum absolute atomic E-state index is 12.4. The molecule has 3 rings (SSSR count). The molecule has 3 saturated heterocycles. The molecule has 0 amide bonds. The van der Waals surface area contributed by atoms with Crippen LogP contribution < -0.4 is 0 Å². The van der Waals surface area contributed by atoms with Crippen molar-refractivity contribution in [3.63, 3.8) is 0 Å². The average molecular weight is 453 g/mol. The van der Waals surface area contributed by atoms with Crippen molar-refractivity contribution in [3.05, 3.63) is 12.2 Å². The van der Waals surface area contributed by atoms with Gasteiger partial charge in [0.1, 0.15) is 17.8 Å². The summed E-state index contributed by atoms with van der Waals surface area (Å²) in [7, 11) is 0. The van der Waals surface area contributed by atoms with Crippen LogP contribution in [0.3, 0.4) is 0 Å². The Morgan fingerprint density at radius 2 is 1.81 bits per heavy atom. The summed E-state index contributed by atoms with van der Waals surface area (Å²) in [5.41, 5.74) is -1.70. The van der Waals surface area contributed by atoms with Gasteiger partial charge < -0.3 is 24.1 Å². The zero-order chi connectivity index (χ0) is 23.8. The van der Waals surface area contributed by atoms with Gasteiger partial charge in [-0.15, -0.1) is 0 Å². The second kappa shape index (κ2) is 9.14. The maximum atomic E-state index is 12.4. The molecule has 3 aliphatic heterocycles. The van der Waals surface area contributed by atoms with Crippen molar-refractivity contribution in [1.82, 2.24) is 0 Å². The molecular weight excluding hydrogens is 416 g/mol. The van der Waals surface area contributed by atoms with Gasteiger partial charge in [0.15, 0.2) is 0 Å². The molecule has 0 radical (unpaired) electrons. The molecular formula is C24H36O8. The lowest BCUT2D eigenvalue weighted by Crippen LogP contribution is -2.57. The van der Waals surface area contributed by atoms with E-state index >= 15 is 0 Å². The van der Waals surface area contributed by atoms with E-state index in [0.29, 0.717) is 37.7 Å². The lowest BCUT2D eigenvalue weighted by Gasteiger charge is -2.48. The molecule has 8 heteroatoms. The van der Waals surface area contributed by atoms with Crippen molar-refractivity contribution in [3.8, 4) is 0 Å². The fraction of sp³-hybridized carbons (Fsp3) is 0.792. The van der Waals surface area contributed by atoms with Crippen LogP contribution in [0.25, 0.3) is 0 Å². The van der Waals surface area contributed by atoms with E-state index in [2.05, 4.69) is 6.58 Å². The number of ether oxygens (including phenoxy) is 4. The second-order valence-corrected chi connectivity index (χ2v) is 10.1. The monoisotopic (exact) mass is 452 g/mol. The average Bonchev–Trinajstić information content (AvgIpc) is 2.94. The smallest absolute Gasteiger partial charge is 0.334 e. The molecule has 2 bridgehead atoms. The minimum atomic E-state index is -1.14. The SMILES string of the molecule is C=C1C(=O)O[C@H]2[C@H](OC(C)=O)[C@@H](C)CCC[C@](C)(OC(C)=O)[C@@H]3CC[C@@](C)(O)[C@H](C[C@@H]12)O3. The van der Waals surface area contributed by atoms with Gasteiger partial charge in [0, 0.05) is 25.3 Å². The van der Waals surface area contributed by atoms with Crippen molar-refractivity contribution >= 4 is 17.9 Å². The molecule has 0 aromatic carbocycles. The van der Waals surface area contributed by atoms with E-state index in [1.165, 1.54) is 13.8 Å². The molecule has 1 N–H and O–H groups in total. The van der Waals surface area contributed by atoms with Crippen molar-refractivity contribution < 1.29 is 38.4 Å². The first-order valence-electron chi connectivity index (χ1n) is 11.5. The quantitative estimate of drug-likeness (QED) is 0.387. The van der Waals surface area contributed by atoms with E-state index in [1.54, 1.807) is 6.92 Å². The molecule has 3 aliphatic rings. The molecule has 0 spiro atoms. The first kappa shape index (κ1) is 24.7. The summed E-state index contributed by atoms with van der Waals surface area (Å²) in [6.07, 6.45) is 0.848. The van der Waals surface area contributed by atoms with Gasteiger partial charge in [-0.25, -0.2) is 4.79 Å². The number of hydrogen-bond donors (Lipinski definition) is 1. The molecule has 8 atom stereocenters. The van der Waals surface area contributed by atoms with Crippen LogP contribution in [0, 0.1) is 11.8 Å². The van der Waals surface area contributed by atoms with Gasteiger partial charge in [0.2, 0.25) is 0 Å². The van der Waals surface area contributed by atoms with Crippen molar-refractivity contribution in [1.29, 1.82) is 0 Å². The Kier molecular flexibility index (Phi) is 7.05. The summed E-state index contributed by atoms with van der Waals surface area (Å²) in [5, 5.41) is 11.1. The highest BCUT2D eigenvalue weighted by atomic mass is 16.6. The van der Waals surface area contributed by atoms with Crippen LogP contribution >= 0.6 is 0 Å². The highest BCUT2D eigenvalue weighted by Crippen LogP contribution is 2.44. The van der Waals surface area contributed by atoms with Gasteiger partial charge in [0.05, 0.1) is 17.8 Å². The minimum absolute atomic E-state index is 0.104. The van der Waals surface area contributed by atoms with Crippen LogP contribution in [0.5, 0.6) is 0 Å². The van der Waals surface area contributed by atoms with E-state index in [9.17, 15) is 19.5 Å². The van der Waals surface area contributed by atoms with Crippen LogP contribution in [0.15, 0.2) is 12.2 Å². The molecule has 3 fully saturated rings. The summed E-state index contributed by atoms with van der Waals surface area (Å²) in [5.74, 6) is -1.93. The van der Waals surface area contributed by atoms with Crippen LogP contribution in [0.1, 0.15) is 73.1 Å². The molecule has 0 aliphatic carbocycles. The lowest BCUT2D eigenvalue weighted by atomic mass is 9.75. The van der Waals surface area contributed by atoms with E-state index in [0.717, 1.165) is 0 Å². The van der Waals surface area contributed by atoms with Gasteiger partial charge in [0.25, 0.3) is 0 Å². The summed E-state index contributed by atoms with van der Waals surface area (Å²) in [6, 6.07) is 0. The number of fused-ring (bicyclic) bond motifs is 3. The third kappa shape index (κ3) is 5.01. The predicted octanol–water partition coefficient (Wildman–Crippen LogP) is 2.85. The van der Waals surface area contributed by atoms with E-state index in [-0.39, 0.29) is 24.4 Å². The van der Waals surface area contributed by atoms with E-state index < -0.39 is 47.4 Å². The van der Waals surface area contributed by atoms with Gasteiger partial charge in [-0.1, -0.05) is 13.5 Å². The normalized spacial score (nSPS) is 42.7. The Morgan fingerprint density at radius 1 is 1.12 bits per heavy atom. The van der Waals surface area contributed by atoms with Crippen LogP contribution in [-0.4, -0.2) is 58.6 Å². The largest absolute Gasteiger partial charge is 0.458 e. The molecule has 8 nitrogen and oxygen atoms in total. The Morgan fingerprint density at radius 3 is 2.44 bits per heavy atom. The van der Waals surface area contributed by atoms with Crippen molar-refractivity contribution in [2.45, 2.75) is 109 Å². The number of rotatable bonds is 2. The van der Waals surface area contributed by atoms with Crippen LogP contribution in [0.4, 0.5) is 0 Å². The zero-order valence-electron chi connectivity index (χ0n) is 19.7. The third-order valence-corrected chi connectivity index (χ3v) is 7.33. The second-order valence-electron chi connectivity index (χ2n) is 10.1.